The number of benzene rings is 2. The van der Waals surface area contributed by atoms with Crippen molar-refractivity contribution in [3.8, 4) is 16.9 Å². The van der Waals surface area contributed by atoms with E-state index in [2.05, 4.69) is 10.6 Å². The van der Waals surface area contributed by atoms with Crippen LogP contribution in [0.25, 0.3) is 11.1 Å². The number of carbonyl (C=O) groups is 3. The van der Waals surface area contributed by atoms with Gasteiger partial charge >= 0.3 is 0 Å². The van der Waals surface area contributed by atoms with Gasteiger partial charge in [-0.15, -0.1) is 0 Å². The molecule has 0 aromatic heterocycles. The summed E-state index contributed by atoms with van der Waals surface area (Å²) in [4.78, 5) is 36.8. The third-order valence-corrected chi connectivity index (χ3v) is 4.46. The molecule has 10 nitrogen and oxygen atoms in total. The van der Waals surface area contributed by atoms with Gasteiger partial charge in [-0.1, -0.05) is 24.3 Å². The zero-order valence-electron chi connectivity index (χ0n) is 18.5. The Morgan fingerprint density at radius 3 is 2.06 bits per heavy atom. The molecule has 1 atom stereocenters. The van der Waals surface area contributed by atoms with E-state index in [0.717, 1.165) is 11.1 Å². The minimum absolute atomic E-state index is 0.0151. The molecule has 0 aliphatic rings. The first kappa shape index (κ1) is 25.8. The molecule has 0 fully saturated rings. The molecule has 178 valence electrons. The van der Waals surface area contributed by atoms with Crippen LogP contribution in [0, 0.1) is 0 Å². The van der Waals surface area contributed by atoms with Crippen molar-refractivity contribution in [2.24, 2.45) is 0 Å². The number of rotatable bonds is 12. The zero-order chi connectivity index (χ0) is 24.2. The van der Waals surface area contributed by atoms with Crippen molar-refractivity contribution in [1.29, 1.82) is 0 Å². The van der Waals surface area contributed by atoms with Gasteiger partial charge in [0, 0.05) is 12.1 Å². The average molecular weight is 459 g/mol. The first-order valence-corrected chi connectivity index (χ1v) is 10.4. The Bertz CT molecular complexity index is 915. The van der Waals surface area contributed by atoms with Crippen molar-refractivity contribution in [3.63, 3.8) is 0 Å². The average Bonchev–Trinajstić information content (AvgIpc) is 2.83. The highest BCUT2D eigenvalue weighted by Gasteiger charge is 2.28. The number of ether oxygens (including phenoxy) is 2. The second-order valence-electron chi connectivity index (χ2n) is 7.27. The molecule has 0 heterocycles. The second-order valence-corrected chi connectivity index (χ2v) is 7.27. The Balaban J connectivity index is 2.01. The van der Waals surface area contributed by atoms with Crippen LogP contribution in [0.3, 0.4) is 0 Å². The summed E-state index contributed by atoms with van der Waals surface area (Å²) in [5.41, 5.74) is 3.35. The van der Waals surface area contributed by atoms with Crippen LogP contribution in [0.2, 0.25) is 0 Å². The molecule has 0 saturated carbocycles. The summed E-state index contributed by atoms with van der Waals surface area (Å²) < 4.78 is 10.6. The third-order valence-electron chi connectivity index (χ3n) is 4.46. The lowest BCUT2D eigenvalue weighted by Gasteiger charge is -2.17. The van der Waals surface area contributed by atoms with Crippen molar-refractivity contribution in [1.82, 2.24) is 16.1 Å². The Hall–Kier alpha value is -3.47. The number of hydrogen-bond acceptors (Lipinski definition) is 7. The molecule has 0 bridgehead atoms. The highest BCUT2D eigenvalue weighted by molar-refractivity contribution is 6.08. The maximum Gasteiger partial charge on any atom is 0.275 e. The summed E-state index contributed by atoms with van der Waals surface area (Å²) in [5, 5.41) is 22.5. The lowest BCUT2D eigenvalue weighted by Crippen LogP contribution is -2.55. The lowest BCUT2D eigenvalue weighted by molar-refractivity contribution is -0.137. The summed E-state index contributed by atoms with van der Waals surface area (Å²) in [6.07, 6.45) is -0.0151. The summed E-state index contributed by atoms with van der Waals surface area (Å²) in [5.74, 6) is -1.87. The van der Waals surface area contributed by atoms with Gasteiger partial charge < -0.3 is 25.2 Å². The molecule has 0 saturated heterocycles. The minimum atomic E-state index is -1.62. The topological polar surface area (TPSA) is 146 Å². The van der Waals surface area contributed by atoms with Crippen molar-refractivity contribution in [2.45, 2.75) is 26.0 Å². The molecule has 2 aromatic carbocycles. The standard InChI is InChI=1S/C23H29N3O7/c1-15(2)32-13-11-24-22(29)20(23(30)26-31)25-21(28)18-5-3-16(4-6-18)17-7-9-19(10-8-17)33-14-12-27/h3-10,15,20,27,31H,11-14H2,1-2H3,(H,24,29)(H,25,28)(H,26,30). The highest BCUT2D eigenvalue weighted by Crippen LogP contribution is 2.23. The normalized spacial score (nSPS) is 11.5. The minimum Gasteiger partial charge on any atom is -0.491 e. The molecule has 5 N–H and O–H groups in total. The Morgan fingerprint density at radius 2 is 1.52 bits per heavy atom. The number of hydrogen-bond donors (Lipinski definition) is 5. The molecule has 0 radical (unpaired) electrons. The van der Waals surface area contributed by atoms with Crippen molar-refractivity contribution in [2.75, 3.05) is 26.4 Å². The van der Waals surface area contributed by atoms with Crippen molar-refractivity contribution < 1.29 is 34.2 Å². The summed E-state index contributed by atoms with van der Waals surface area (Å²) in [6, 6.07) is 12.2. The van der Waals surface area contributed by atoms with Crippen LogP contribution >= 0.6 is 0 Å². The van der Waals surface area contributed by atoms with E-state index in [-0.39, 0.29) is 38.0 Å². The van der Waals surface area contributed by atoms with Crippen LogP contribution in [0.1, 0.15) is 24.2 Å². The Kier molecular flexibility index (Phi) is 10.3. The quantitative estimate of drug-likeness (QED) is 0.137. The molecule has 2 rings (SSSR count). The summed E-state index contributed by atoms with van der Waals surface area (Å²) in [6.45, 7) is 4.21. The fourth-order valence-electron chi connectivity index (χ4n) is 2.82. The second kappa shape index (κ2) is 13.2. The van der Waals surface area contributed by atoms with Gasteiger partial charge in [-0.05, 0) is 49.2 Å². The number of amides is 3. The van der Waals surface area contributed by atoms with E-state index in [1.165, 1.54) is 5.48 Å². The molecule has 0 aliphatic heterocycles. The van der Waals surface area contributed by atoms with Crippen LogP contribution in [0.4, 0.5) is 0 Å². The van der Waals surface area contributed by atoms with Crippen LogP contribution < -0.4 is 20.9 Å². The maximum absolute atomic E-state index is 12.6. The van der Waals surface area contributed by atoms with E-state index in [1.54, 1.807) is 36.4 Å². The predicted octanol–water partition coefficient (Wildman–Crippen LogP) is 0.870. The SMILES string of the molecule is CC(C)OCCNC(=O)C(NC(=O)c1ccc(-c2ccc(OCCO)cc2)cc1)C(=O)NO. The molecular weight excluding hydrogens is 430 g/mol. The first-order chi connectivity index (χ1) is 15.8. The van der Waals surface area contributed by atoms with Gasteiger partial charge in [0.15, 0.2) is 6.04 Å². The van der Waals surface area contributed by atoms with E-state index in [0.29, 0.717) is 5.75 Å². The van der Waals surface area contributed by atoms with E-state index in [9.17, 15) is 14.4 Å². The molecule has 2 aromatic rings. The molecule has 1 unspecified atom stereocenters. The van der Waals surface area contributed by atoms with Gasteiger partial charge in [0.05, 0.1) is 19.3 Å². The van der Waals surface area contributed by atoms with Crippen molar-refractivity contribution >= 4 is 17.7 Å². The molecule has 10 heteroatoms. The molecule has 33 heavy (non-hydrogen) atoms. The summed E-state index contributed by atoms with van der Waals surface area (Å²) >= 11 is 0. The van der Waals surface area contributed by atoms with Crippen LogP contribution in [-0.2, 0) is 14.3 Å². The molecule has 0 spiro atoms. The van der Waals surface area contributed by atoms with Gasteiger partial charge in [0.2, 0.25) is 0 Å². The monoisotopic (exact) mass is 459 g/mol. The highest BCUT2D eigenvalue weighted by atomic mass is 16.5. The predicted molar refractivity (Wildman–Crippen MR) is 120 cm³/mol. The smallest absolute Gasteiger partial charge is 0.275 e. The Labute approximate surface area is 191 Å². The number of hydroxylamine groups is 1. The van der Waals surface area contributed by atoms with Gasteiger partial charge in [-0.25, -0.2) is 5.48 Å². The number of aliphatic hydroxyl groups is 1. The lowest BCUT2D eigenvalue weighted by atomic mass is 10.0. The van der Waals surface area contributed by atoms with E-state index in [4.69, 9.17) is 19.8 Å². The first-order valence-electron chi connectivity index (χ1n) is 10.4. The van der Waals surface area contributed by atoms with Crippen LogP contribution in [-0.4, -0.2) is 66.5 Å². The van der Waals surface area contributed by atoms with Gasteiger partial charge in [-0.2, -0.15) is 0 Å². The molecular formula is C23H29N3O7. The molecule has 3 amide bonds. The fraction of sp³-hybridized carbons (Fsp3) is 0.348. The largest absolute Gasteiger partial charge is 0.491 e. The third kappa shape index (κ3) is 8.19. The zero-order valence-corrected chi connectivity index (χ0v) is 18.5. The van der Waals surface area contributed by atoms with Crippen molar-refractivity contribution in [3.05, 3.63) is 54.1 Å². The van der Waals surface area contributed by atoms with Gasteiger partial charge in [0.25, 0.3) is 17.7 Å². The van der Waals surface area contributed by atoms with E-state index in [1.807, 2.05) is 26.0 Å². The summed E-state index contributed by atoms with van der Waals surface area (Å²) in [7, 11) is 0. The van der Waals surface area contributed by atoms with Gasteiger partial charge in [0.1, 0.15) is 12.4 Å². The number of nitrogens with one attached hydrogen (secondary N) is 3. The van der Waals surface area contributed by atoms with E-state index >= 15 is 0 Å². The molecule has 0 aliphatic carbocycles. The van der Waals surface area contributed by atoms with Crippen LogP contribution in [0.5, 0.6) is 5.75 Å². The number of aliphatic hydroxyl groups excluding tert-OH is 1. The maximum atomic E-state index is 12.6. The van der Waals surface area contributed by atoms with Gasteiger partial charge in [-0.3, -0.25) is 19.6 Å². The fourth-order valence-corrected chi connectivity index (χ4v) is 2.82. The van der Waals surface area contributed by atoms with Crippen LogP contribution in [0.15, 0.2) is 48.5 Å². The van der Waals surface area contributed by atoms with E-state index < -0.39 is 23.8 Å². The number of carbonyl (C=O) groups excluding carboxylic acids is 3. The Morgan fingerprint density at radius 1 is 0.909 bits per heavy atom.